The van der Waals surface area contributed by atoms with Gasteiger partial charge in [-0.3, -0.25) is 19.0 Å². The first kappa shape index (κ1) is 37.1. The summed E-state index contributed by atoms with van der Waals surface area (Å²) in [7, 11) is 4.86. The third-order valence-corrected chi connectivity index (χ3v) is 11.5. The van der Waals surface area contributed by atoms with Gasteiger partial charge < -0.3 is 15.1 Å². The molecule has 1 aromatic heterocycles. The predicted molar refractivity (Wildman–Crippen MR) is 211 cm³/mol. The Labute approximate surface area is 298 Å². The van der Waals surface area contributed by atoms with Crippen LogP contribution in [-0.2, 0) is 18.3 Å². The zero-order valence-electron chi connectivity index (χ0n) is 30.8. The fourth-order valence-corrected chi connectivity index (χ4v) is 7.64. The normalized spacial score (nSPS) is 18.9. The summed E-state index contributed by atoms with van der Waals surface area (Å²) >= 11 is 0. The van der Waals surface area contributed by atoms with Gasteiger partial charge in [-0.05, 0) is 81.2 Å². The largest absolute Gasteiger partial charge is 0.371 e. The zero-order chi connectivity index (χ0) is 35.1. The van der Waals surface area contributed by atoms with E-state index in [2.05, 4.69) is 97.4 Å². The average Bonchev–Trinajstić information content (AvgIpc) is 3.64. The lowest BCUT2D eigenvalue weighted by atomic mass is 9.94. The second kappa shape index (κ2) is 17.2. The lowest BCUT2D eigenvalue weighted by Crippen LogP contribution is -2.51. The van der Waals surface area contributed by atoms with E-state index in [0.717, 1.165) is 93.0 Å². The molecule has 2 aromatic rings. The Morgan fingerprint density at radius 3 is 2.51 bits per heavy atom. The smallest absolute Gasteiger partial charge is 0.162 e. The van der Waals surface area contributed by atoms with Gasteiger partial charge in [0.1, 0.15) is 5.82 Å². The molecule has 2 unspecified atom stereocenters. The number of nitrogens with one attached hydrogen (secondary N) is 1. The summed E-state index contributed by atoms with van der Waals surface area (Å²) in [6.07, 6.45) is 14.1. The lowest BCUT2D eigenvalue weighted by Gasteiger charge is -2.42. The Kier molecular flexibility index (Phi) is 13.0. The van der Waals surface area contributed by atoms with E-state index >= 15 is 0 Å². The molecule has 0 aliphatic carbocycles. The zero-order valence-corrected chi connectivity index (χ0v) is 32.0. The monoisotopic (exact) mass is 685 g/mol. The van der Waals surface area contributed by atoms with Gasteiger partial charge >= 0.3 is 0 Å². The molecule has 4 heterocycles. The van der Waals surface area contributed by atoms with Gasteiger partial charge in [0.25, 0.3) is 0 Å². The van der Waals surface area contributed by atoms with Crippen molar-refractivity contribution in [1.82, 2.24) is 19.4 Å². The molecule has 0 spiro atoms. The van der Waals surface area contributed by atoms with Crippen LogP contribution in [0, 0.1) is 5.92 Å². The molecule has 0 amide bonds. The molecule has 3 aliphatic heterocycles. The first-order valence-corrected chi connectivity index (χ1v) is 19.1. The highest BCUT2D eigenvalue weighted by Crippen LogP contribution is 2.39. The highest BCUT2D eigenvalue weighted by molar-refractivity contribution is 7.13. The van der Waals surface area contributed by atoms with E-state index in [4.69, 9.17) is 0 Å². The Balaban J connectivity index is 1.15. The van der Waals surface area contributed by atoms with Gasteiger partial charge in [-0.15, -0.1) is 0 Å². The van der Waals surface area contributed by atoms with Crippen molar-refractivity contribution in [2.24, 2.45) is 13.0 Å². The van der Waals surface area contributed by atoms with Crippen molar-refractivity contribution in [3.63, 3.8) is 0 Å². The molecular weight excluding hydrogens is 625 g/mol. The first-order valence-electron chi connectivity index (χ1n) is 18.6. The molecule has 49 heavy (non-hydrogen) atoms. The molecule has 5 rings (SSSR count). The van der Waals surface area contributed by atoms with Crippen LogP contribution < -0.4 is 15.1 Å². The maximum absolute atomic E-state index is 12.8. The average molecular weight is 686 g/mol. The van der Waals surface area contributed by atoms with Crippen LogP contribution in [0.15, 0.2) is 66.7 Å². The van der Waals surface area contributed by atoms with Gasteiger partial charge in [0, 0.05) is 87.8 Å². The third-order valence-electron chi connectivity index (χ3n) is 11.0. The van der Waals surface area contributed by atoms with E-state index in [1.807, 2.05) is 30.9 Å². The van der Waals surface area contributed by atoms with Crippen molar-refractivity contribution in [1.29, 1.82) is 0 Å². The highest BCUT2D eigenvalue weighted by Gasteiger charge is 2.28. The van der Waals surface area contributed by atoms with E-state index in [1.54, 1.807) is 0 Å². The summed E-state index contributed by atoms with van der Waals surface area (Å²) in [6.45, 7) is 25.0. The fourth-order valence-electron chi connectivity index (χ4n) is 7.41. The van der Waals surface area contributed by atoms with Crippen LogP contribution in [0.5, 0.6) is 0 Å². The number of aromatic nitrogens is 2. The molecule has 0 radical (unpaired) electrons. The Bertz CT molecular complexity index is 1540. The van der Waals surface area contributed by atoms with Crippen LogP contribution in [0.4, 0.5) is 17.1 Å². The predicted octanol–water partition coefficient (Wildman–Crippen LogP) is 7.82. The summed E-state index contributed by atoms with van der Waals surface area (Å²) < 4.78 is 4.33. The van der Waals surface area contributed by atoms with Gasteiger partial charge in [-0.25, -0.2) is 0 Å². The molecule has 3 aliphatic rings. The Hall–Kier alpha value is -3.19. The molecular formula is C40H60N7OP. The van der Waals surface area contributed by atoms with E-state index in [9.17, 15) is 4.79 Å². The summed E-state index contributed by atoms with van der Waals surface area (Å²) in [6, 6.07) is 7.58. The summed E-state index contributed by atoms with van der Waals surface area (Å²) in [4.78, 5) is 20.5. The number of nitrogens with zero attached hydrogens (tertiary/aromatic N) is 6. The number of piperidine rings is 1. The van der Waals surface area contributed by atoms with Gasteiger partial charge in [-0.1, -0.05) is 61.4 Å². The topological polar surface area (TPSA) is 59.9 Å². The van der Waals surface area contributed by atoms with Gasteiger partial charge in [0.05, 0.1) is 17.6 Å². The van der Waals surface area contributed by atoms with Crippen LogP contribution in [0.25, 0.3) is 5.57 Å². The first-order chi connectivity index (χ1) is 23.6. The minimum absolute atomic E-state index is 0.145. The van der Waals surface area contributed by atoms with Crippen molar-refractivity contribution >= 4 is 37.8 Å². The number of piperazine rings is 1. The number of anilines is 3. The summed E-state index contributed by atoms with van der Waals surface area (Å²) in [5.41, 5.74) is 8.73. The number of allylic oxidation sites excluding steroid dienone is 5. The number of unbranched alkanes of at least 4 members (excludes halogenated alkanes) is 2. The van der Waals surface area contributed by atoms with Gasteiger partial charge in [0.15, 0.2) is 5.78 Å². The number of ketones is 1. The minimum atomic E-state index is 0.145. The third kappa shape index (κ3) is 9.14. The van der Waals surface area contributed by atoms with Crippen LogP contribution in [0.2, 0.25) is 0 Å². The van der Waals surface area contributed by atoms with E-state index in [0.29, 0.717) is 18.4 Å². The van der Waals surface area contributed by atoms with Crippen LogP contribution in [0.3, 0.4) is 0 Å². The van der Waals surface area contributed by atoms with Crippen LogP contribution >= 0.6 is 9.39 Å². The fraction of sp³-hybridized carbons (Fsp3) is 0.550. The summed E-state index contributed by atoms with van der Waals surface area (Å²) in [5.74, 6) is 1.55. The number of aryl methyl sites for hydroxylation is 1. The van der Waals surface area contributed by atoms with E-state index in [1.165, 1.54) is 48.6 Å². The van der Waals surface area contributed by atoms with Crippen molar-refractivity contribution < 1.29 is 4.79 Å². The maximum atomic E-state index is 12.8. The second-order valence-corrected chi connectivity index (χ2v) is 15.0. The number of fused-ring (bicyclic) bond motifs is 1. The number of benzene rings is 1. The van der Waals surface area contributed by atoms with Crippen molar-refractivity contribution in [2.75, 3.05) is 60.9 Å². The number of rotatable bonds is 15. The molecule has 1 aromatic carbocycles. The number of carbonyl (C=O) groups is 1. The van der Waals surface area contributed by atoms with Gasteiger partial charge in [-0.2, -0.15) is 5.10 Å². The molecule has 266 valence electrons. The summed E-state index contributed by atoms with van der Waals surface area (Å²) in [5, 5.41) is 8.09. The van der Waals surface area contributed by atoms with Gasteiger partial charge in [0.2, 0.25) is 0 Å². The maximum Gasteiger partial charge on any atom is 0.162 e. The molecule has 2 saturated heterocycles. The Morgan fingerprint density at radius 1 is 1.08 bits per heavy atom. The van der Waals surface area contributed by atoms with Crippen molar-refractivity contribution in [3.05, 3.63) is 77.9 Å². The minimum Gasteiger partial charge on any atom is -0.371 e. The highest BCUT2D eigenvalue weighted by atomic mass is 31.0. The SMILES string of the molecule is C=C(/C=C(\C=C(\C)C(C)CC)C(=O)CC)c1cnn(C)c1CCCCCN1C(=C)Nc2ccc(N3CCC(N4CCN(P)CC4)CC3)cc21. The molecule has 2 fully saturated rings. The number of hydrogen-bond donors (Lipinski definition) is 1. The quantitative estimate of drug-likeness (QED) is 0.0888. The number of carbonyl (C=O) groups excluding carboxylic acids is 1. The molecule has 0 bridgehead atoms. The van der Waals surface area contributed by atoms with Crippen molar-refractivity contribution in [3.8, 4) is 0 Å². The van der Waals surface area contributed by atoms with E-state index < -0.39 is 0 Å². The van der Waals surface area contributed by atoms with Crippen molar-refractivity contribution in [2.45, 2.75) is 85.1 Å². The molecule has 0 saturated carbocycles. The number of hydrogen-bond acceptors (Lipinski definition) is 7. The molecule has 9 heteroatoms. The van der Waals surface area contributed by atoms with Crippen LogP contribution in [0.1, 0.15) is 83.9 Å². The molecule has 1 N–H and O–H groups in total. The van der Waals surface area contributed by atoms with E-state index in [-0.39, 0.29) is 5.78 Å². The van der Waals surface area contributed by atoms with Crippen LogP contribution in [-0.4, -0.2) is 77.0 Å². The lowest BCUT2D eigenvalue weighted by molar-refractivity contribution is -0.115. The standard InChI is InChI=1S/C40H60N7OP/c1-8-29(3)30(4)25-33(40(48)9-2)26-31(5)36-28-41-43(7)38(36)13-11-10-12-18-47-32(6)42-37-15-14-35(27-39(37)47)44-19-16-34(17-20-44)45-21-23-46(49)24-22-45/h14-15,25-29,34,42H,5-6,8-13,16-24,49H2,1-4,7H3/b30-25-,33-26+. The second-order valence-electron chi connectivity index (χ2n) is 14.3. The molecule has 8 nitrogen and oxygen atoms in total. The Morgan fingerprint density at radius 2 is 1.82 bits per heavy atom. The molecule has 2 atom stereocenters. The number of Topliss-reactive ketones (excluding diaryl/α,β-unsaturated/α-hetero) is 1.